The summed E-state index contributed by atoms with van der Waals surface area (Å²) < 4.78 is 28.4. The molecule has 2 heterocycles. The van der Waals surface area contributed by atoms with Crippen molar-refractivity contribution in [3.05, 3.63) is 51.7 Å². The molecule has 39 heavy (non-hydrogen) atoms. The number of aryl methyl sites for hydroxylation is 2. The van der Waals surface area contributed by atoms with Gasteiger partial charge in [0, 0.05) is 17.5 Å². The number of urea groups is 2. The molecular formula is C26H30N6O6S. The van der Waals surface area contributed by atoms with Gasteiger partial charge < -0.3 is 10.6 Å². The lowest BCUT2D eigenvalue weighted by atomic mass is 9.99. The average Bonchev–Trinajstić information content (AvgIpc) is 3.68. The second-order valence-corrected chi connectivity index (χ2v) is 11.6. The first-order valence-corrected chi connectivity index (χ1v) is 14.4. The lowest BCUT2D eigenvalue weighted by Gasteiger charge is -2.16. The number of anilines is 1. The van der Waals surface area contributed by atoms with Crippen molar-refractivity contribution < 1.29 is 27.6 Å². The predicted octanol–water partition coefficient (Wildman–Crippen LogP) is 2.29. The Balaban J connectivity index is 1.20. The zero-order chi connectivity index (χ0) is 27.9. The van der Waals surface area contributed by atoms with E-state index in [4.69, 9.17) is 0 Å². The van der Waals surface area contributed by atoms with Crippen LogP contribution in [0.15, 0.2) is 34.5 Å². The number of hydrogen-bond donors (Lipinski definition) is 3. The van der Waals surface area contributed by atoms with Crippen LogP contribution in [-0.2, 0) is 40.5 Å². The average molecular weight is 555 g/mol. The van der Waals surface area contributed by atoms with E-state index < -0.39 is 45.5 Å². The molecule has 0 saturated heterocycles. The molecule has 0 bridgehead atoms. The van der Waals surface area contributed by atoms with Crippen LogP contribution in [0.1, 0.15) is 60.2 Å². The monoisotopic (exact) mass is 554 g/mol. The van der Waals surface area contributed by atoms with Gasteiger partial charge in [-0.05, 0) is 85.8 Å². The second kappa shape index (κ2) is 10.3. The largest absolute Gasteiger partial charge is 0.333 e. The molecule has 13 heteroatoms. The summed E-state index contributed by atoms with van der Waals surface area (Å²) in [5.74, 6) is -1.13. The minimum atomic E-state index is -4.38. The number of hydrogen-bond acceptors (Lipinski definition) is 7. The first-order valence-electron chi connectivity index (χ1n) is 13.0. The minimum absolute atomic E-state index is 0.147. The van der Waals surface area contributed by atoms with Crippen LogP contribution in [0.3, 0.4) is 0 Å². The molecule has 12 nitrogen and oxygen atoms in total. The number of sulfonamides is 1. The summed E-state index contributed by atoms with van der Waals surface area (Å²) >= 11 is 0. The van der Waals surface area contributed by atoms with Gasteiger partial charge in [0.25, 0.3) is 21.8 Å². The number of benzene rings is 1. The molecule has 0 spiro atoms. The SMILES string of the molecule is CCC1=C(C)CN(C(=O)NCC(=O)n2ccc(S(=O)(=O)NC(=O)Nc3c4c(cc5c3CCC5)CCC4)n2)C1=O. The van der Waals surface area contributed by atoms with Gasteiger partial charge in [0.15, 0.2) is 5.03 Å². The smallest absolute Gasteiger partial charge is 0.328 e. The van der Waals surface area contributed by atoms with E-state index in [9.17, 15) is 27.6 Å². The molecule has 5 amide bonds. The Bertz CT molecular complexity index is 1510. The topological polar surface area (TPSA) is 160 Å². The van der Waals surface area contributed by atoms with Gasteiger partial charge in [0.2, 0.25) is 0 Å². The molecule has 206 valence electrons. The van der Waals surface area contributed by atoms with Crippen molar-refractivity contribution in [1.82, 2.24) is 24.7 Å². The molecule has 1 aliphatic heterocycles. The van der Waals surface area contributed by atoms with E-state index in [0.717, 1.165) is 77.1 Å². The molecule has 3 N–H and O–H groups in total. The number of carbonyl (C=O) groups excluding carboxylic acids is 4. The van der Waals surface area contributed by atoms with Gasteiger partial charge in [-0.2, -0.15) is 13.5 Å². The normalized spacial score (nSPS) is 16.4. The molecule has 3 aliphatic rings. The van der Waals surface area contributed by atoms with Crippen LogP contribution < -0.4 is 15.4 Å². The lowest BCUT2D eigenvalue weighted by Crippen LogP contribution is -2.44. The number of amides is 5. The molecule has 2 aromatic rings. The quantitative estimate of drug-likeness (QED) is 0.494. The summed E-state index contributed by atoms with van der Waals surface area (Å²) in [6, 6.07) is 1.66. The highest BCUT2D eigenvalue weighted by Crippen LogP contribution is 2.38. The summed E-state index contributed by atoms with van der Waals surface area (Å²) in [4.78, 5) is 51.0. The van der Waals surface area contributed by atoms with Crippen molar-refractivity contribution in [2.24, 2.45) is 0 Å². The summed E-state index contributed by atoms with van der Waals surface area (Å²) in [6.45, 7) is 3.23. The molecule has 0 saturated carbocycles. The van der Waals surface area contributed by atoms with Crippen LogP contribution in [0.2, 0.25) is 0 Å². The third kappa shape index (κ3) is 5.05. The Morgan fingerprint density at radius 2 is 1.72 bits per heavy atom. The molecular weight excluding hydrogens is 524 g/mol. The van der Waals surface area contributed by atoms with Crippen LogP contribution in [0, 0.1) is 0 Å². The number of aromatic nitrogens is 2. The Hall–Kier alpha value is -4.00. The molecule has 0 atom stereocenters. The maximum atomic E-state index is 12.8. The van der Waals surface area contributed by atoms with Gasteiger partial charge in [0.1, 0.15) is 6.54 Å². The summed E-state index contributed by atoms with van der Waals surface area (Å²) in [5.41, 5.74) is 6.59. The highest BCUT2D eigenvalue weighted by molar-refractivity contribution is 7.90. The molecule has 0 unspecified atom stereocenters. The van der Waals surface area contributed by atoms with Crippen molar-refractivity contribution in [2.75, 3.05) is 18.4 Å². The van der Waals surface area contributed by atoms with Gasteiger partial charge in [-0.15, -0.1) is 0 Å². The first-order chi connectivity index (χ1) is 18.6. The van der Waals surface area contributed by atoms with Crippen molar-refractivity contribution in [1.29, 1.82) is 0 Å². The van der Waals surface area contributed by atoms with Gasteiger partial charge in [-0.1, -0.05) is 13.0 Å². The van der Waals surface area contributed by atoms with Crippen LogP contribution in [0.5, 0.6) is 0 Å². The summed E-state index contributed by atoms with van der Waals surface area (Å²) in [6.07, 6.45) is 7.14. The van der Waals surface area contributed by atoms with Crippen molar-refractivity contribution in [2.45, 2.75) is 63.8 Å². The number of imide groups is 1. The third-order valence-electron chi connectivity index (χ3n) is 7.44. The van der Waals surface area contributed by atoms with Crippen LogP contribution in [0.4, 0.5) is 15.3 Å². The molecule has 5 rings (SSSR count). The van der Waals surface area contributed by atoms with E-state index >= 15 is 0 Å². The van der Waals surface area contributed by atoms with E-state index in [0.29, 0.717) is 17.7 Å². The van der Waals surface area contributed by atoms with Gasteiger partial charge in [-0.25, -0.2) is 19.0 Å². The van der Waals surface area contributed by atoms with E-state index in [-0.39, 0.29) is 6.54 Å². The fourth-order valence-corrected chi connectivity index (χ4v) is 6.40. The molecule has 2 aliphatic carbocycles. The first kappa shape index (κ1) is 26.6. The standard InChI is InChI=1S/C26H30N6O6S/c1-3-18-15(2)14-31(24(18)34)26(36)27-13-22(33)32-11-10-21(29-32)39(37,38)30-25(35)28-23-19-8-4-6-16(19)12-17-7-5-9-20(17)23/h10-12H,3-9,13-14H2,1-2H3,(H,27,36)(H2,28,30,35). The summed E-state index contributed by atoms with van der Waals surface area (Å²) in [7, 11) is -4.38. The van der Waals surface area contributed by atoms with Gasteiger partial charge in [-0.3, -0.25) is 14.5 Å². The Morgan fingerprint density at radius 3 is 2.33 bits per heavy atom. The third-order valence-corrected chi connectivity index (χ3v) is 8.66. The Labute approximate surface area is 225 Å². The van der Waals surface area contributed by atoms with Crippen LogP contribution in [0.25, 0.3) is 0 Å². The molecule has 0 radical (unpaired) electrons. The number of rotatable bonds is 6. The predicted molar refractivity (Wildman–Crippen MR) is 141 cm³/mol. The maximum Gasteiger partial charge on any atom is 0.333 e. The number of fused-ring (bicyclic) bond motifs is 2. The zero-order valence-electron chi connectivity index (χ0n) is 21.8. The zero-order valence-corrected chi connectivity index (χ0v) is 22.6. The number of nitrogens with zero attached hydrogens (tertiary/aromatic N) is 3. The van der Waals surface area contributed by atoms with E-state index in [2.05, 4.69) is 21.8 Å². The molecule has 1 aromatic carbocycles. The highest BCUT2D eigenvalue weighted by Gasteiger charge is 2.32. The number of nitrogens with one attached hydrogen (secondary N) is 3. The fraction of sp³-hybridized carbons (Fsp3) is 0.423. The molecule has 1 aromatic heterocycles. The fourth-order valence-electron chi connectivity index (χ4n) is 5.56. The highest BCUT2D eigenvalue weighted by atomic mass is 32.2. The van der Waals surface area contributed by atoms with Gasteiger partial charge in [0.05, 0.1) is 6.54 Å². The Morgan fingerprint density at radius 1 is 1.05 bits per heavy atom. The van der Waals surface area contributed by atoms with Crippen molar-refractivity contribution in [3.63, 3.8) is 0 Å². The molecule has 0 fully saturated rings. The summed E-state index contributed by atoms with van der Waals surface area (Å²) in [5, 5.41) is 8.38. The second-order valence-electron chi connectivity index (χ2n) is 9.95. The lowest BCUT2D eigenvalue weighted by molar-refractivity contribution is -0.123. The van der Waals surface area contributed by atoms with Crippen LogP contribution >= 0.6 is 0 Å². The van der Waals surface area contributed by atoms with Crippen molar-refractivity contribution in [3.8, 4) is 0 Å². The minimum Gasteiger partial charge on any atom is -0.328 e. The van der Waals surface area contributed by atoms with Gasteiger partial charge >= 0.3 is 12.1 Å². The van der Waals surface area contributed by atoms with Crippen LogP contribution in [-0.4, -0.2) is 60.1 Å². The van der Waals surface area contributed by atoms with E-state index in [1.54, 1.807) is 6.92 Å². The Kier molecular flexibility index (Phi) is 7.02. The van der Waals surface area contributed by atoms with E-state index in [1.807, 2.05) is 11.6 Å². The van der Waals surface area contributed by atoms with Crippen molar-refractivity contribution >= 4 is 39.6 Å². The number of carbonyl (C=O) groups is 4. The maximum absolute atomic E-state index is 12.8. The van der Waals surface area contributed by atoms with E-state index in [1.165, 1.54) is 11.1 Å².